The van der Waals surface area contributed by atoms with E-state index < -0.39 is 23.2 Å². The van der Waals surface area contributed by atoms with E-state index >= 15 is 0 Å². The van der Waals surface area contributed by atoms with Gasteiger partial charge in [-0.3, -0.25) is 4.79 Å². The van der Waals surface area contributed by atoms with Crippen molar-refractivity contribution in [1.82, 2.24) is 5.32 Å². The van der Waals surface area contributed by atoms with Crippen LogP contribution in [0.15, 0.2) is 36.4 Å². The molecule has 1 amide bonds. The van der Waals surface area contributed by atoms with E-state index in [-0.39, 0.29) is 11.6 Å². The summed E-state index contributed by atoms with van der Waals surface area (Å²) in [5.41, 5.74) is 12.0. The molecule has 0 saturated heterocycles. The molecule has 1 saturated carbocycles. The maximum Gasteiger partial charge on any atom is 0.240 e. The van der Waals surface area contributed by atoms with Crippen molar-refractivity contribution in [2.45, 2.75) is 31.3 Å². The van der Waals surface area contributed by atoms with E-state index in [0.717, 1.165) is 0 Å². The third-order valence-electron chi connectivity index (χ3n) is 4.42. The Bertz CT molecular complexity index is 803. The number of hydrogen-bond donors (Lipinski definition) is 3. The van der Waals surface area contributed by atoms with Gasteiger partial charge in [0.05, 0.1) is 17.3 Å². The minimum Gasteiger partial charge on any atom is -0.396 e. The van der Waals surface area contributed by atoms with Gasteiger partial charge in [0, 0.05) is 11.1 Å². The predicted molar refractivity (Wildman–Crippen MR) is 88.9 cm³/mol. The van der Waals surface area contributed by atoms with Crippen LogP contribution in [0.5, 0.6) is 0 Å². The fourth-order valence-electron chi connectivity index (χ4n) is 2.61. The van der Waals surface area contributed by atoms with Gasteiger partial charge >= 0.3 is 0 Å². The standard InChI is InChI=1S/C18H19F2N3O/c1-10(23-17(24)18(22)7-8-18)12-6-5-11(9-15(12)20)13-3-2-4-14(19)16(13)21/h2-6,9-10H,7-8,21-22H2,1H3,(H,23,24). The highest BCUT2D eigenvalue weighted by molar-refractivity contribution is 5.89. The van der Waals surface area contributed by atoms with E-state index in [1.54, 1.807) is 25.1 Å². The molecule has 5 N–H and O–H groups in total. The van der Waals surface area contributed by atoms with E-state index in [9.17, 15) is 13.6 Å². The number of benzene rings is 2. The maximum absolute atomic E-state index is 14.5. The summed E-state index contributed by atoms with van der Waals surface area (Å²) < 4.78 is 28.0. The molecule has 0 heterocycles. The van der Waals surface area contributed by atoms with E-state index in [1.165, 1.54) is 18.2 Å². The van der Waals surface area contributed by atoms with Crippen LogP contribution in [0.2, 0.25) is 0 Å². The number of amides is 1. The first kappa shape index (κ1) is 16.4. The molecule has 2 aromatic carbocycles. The van der Waals surface area contributed by atoms with Gasteiger partial charge in [-0.1, -0.05) is 24.3 Å². The Kier molecular flexibility index (Phi) is 4.01. The van der Waals surface area contributed by atoms with Gasteiger partial charge in [-0.15, -0.1) is 0 Å². The highest BCUT2D eigenvalue weighted by Gasteiger charge is 2.46. The number of hydrogen-bond acceptors (Lipinski definition) is 3. The van der Waals surface area contributed by atoms with Crippen molar-refractivity contribution in [2.75, 3.05) is 5.73 Å². The van der Waals surface area contributed by atoms with Crippen molar-refractivity contribution in [1.29, 1.82) is 0 Å². The Balaban J connectivity index is 1.84. The number of para-hydroxylation sites is 1. The zero-order valence-corrected chi connectivity index (χ0v) is 13.3. The summed E-state index contributed by atoms with van der Waals surface area (Å²) >= 11 is 0. The normalized spacial score (nSPS) is 16.5. The number of carbonyl (C=O) groups is 1. The molecular formula is C18H19F2N3O. The summed E-state index contributed by atoms with van der Waals surface area (Å²) in [4.78, 5) is 12.0. The minimum atomic E-state index is -0.805. The summed E-state index contributed by atoms with van der Waals surface area (Å²) in [7, 11) is 0. The molecule has 4 nitrogen and oxygen atoms in total. The quantitative estimate of drug-likeness (QED) is 0.754. The van der Waals surface area contributed by atoms with Crippen LogP contribution in [0.4, 0.5) is 14.5 Å². The summed E-state index contributed by atoms with van der Waals surface area (Å²) in [6.45, 7) is 1.69. The molecule has 2 aromatic rings. The summed E-state index contributed by atoms with van der Waals surface area (Å²) in [6.07, 6.45) is 1.29. The van der Waals surface area contributed by atoms with Gasteiger partial charge in [0.25, 0.3) is 0 Å². The Morgan fingerprint density at radius 1 is 1.21 bits per heavy atom. The summed E-state index contributed by atoms with van der Waals surface area (Å²) in [5.74, 6) is -1.31. The number of nitrogens with two attached hydrogens (primary N) is 2. The van der Waals surface area contributed by atoms with Gasteiger partial charge in [0.2, 0.25) is 5.91 Å². The van der Waals surface area contributed by atoms with Crippen molar-refractivity contribution >= 4 is 11.6 Å². The Hall–Kier alpha value is -2.47. The van der Waals surface area contributed by atoms with E-state index in [2.05, 4.69) is 5.32 Å². The average molecular weight is 331 g/mol. The lowest BCUT2D eigenvalue weighted by atomic mass is 9.99. The zero-order valence-electron chi connectivity index (χ0n) is 13.3. The fraction of sp³-hybridized carbons (Fsp3) is 0.278. The molecule has 0 spiro atoms. The Morgan fingerprint density at radius 2 is 1.92 bits per heavy atom. The van der Waals surface area contributed by atoms with Gasteiger partial charge in [0.1, 0.15) is 11.6 Å². The molecule has 3 rings (SSSR count). The van der Waals surface area contributed by atoms with Crippen LogP contribution < -0.4 is 16.8 Å². The first-order valence-electron chi connectivity index (χ1n) is 7.75. The predicted octanol–water partition coefficient (Wildman–Crippen LogP) is 2.88. The zero-order chi connectivity index (χ0) is 17.5. The SMILES string of the molecule is CC(NC(=O)C1(N)CC1)c1ccc(-c2cccc(F)c2N)cc1F. The summed E-state index contributed by atoms with van der Waals surface area (Å²) in [5, 5.41) is 2.73. The average Bonchev–Trinajstić information content (AvgIpc) is 3.29. The molecule has 0 bridgehead atoms. The largest absolute Gasteiger partial charge is 0.396 e. The highest BCUT2D eigenvalue weighted by Crippen LogP contribution is 2.34. The second-order valence-corrected chi connectivity index (χ2v) is 6.29. The fourth-order valence-corrected chi connectivity index (χ4v) is 2.61. The number of rotatable bonds is 4. The van der Waals surface area contributed by atoms with Crippen molar-refractivity contribution in [3.63, 3.8) is 0 Å². The molecule has 1 unspecified atom stereocenters. The third-order valence-corrected chi connectivity index (χ3v) is 4.42. The van der Waals surface area contributed by atoms with Crippen molar-refractivity contribution in [2.24, 2.45) is 5.73 Å². The molecule has 0 radical (unpaired) electrons. The van der Waals surface area contributed by atoms with E-state index in [0.29, 0.717) is 29.5 Å². The second-order valence-electron chi connectivity index (χ2n) is 6.29. The first-order chi connectivity index (χ1) is 11.3. The monoisotopic (exact) mass is 331 g/mol. The smallest absolute Gasteiger partial charge is 0.240 e. The van der Waals surface area contributed by atoms with Crippen LogP contribution in [-0.2, 0) is 4.79 Å². The molecule has 0 aromatic heterocycles. The van der Waals surface area contributed by atoms with Crippen LogP contribution in [0.3, 0.4) is 0 Å². The second kappa shape index (κ2) is 5.87. The van der Waals surface area contributed by atoms with Gasteiger partial charge in [-0.25, -0.2) is 8.78 Å². The molecule has 1 fully saturated rings. The lowest BCUT2D eigenvalue weighted by Crippen LogP contribution is -2.43. The molecular weight excluding hydrogens is 312 g/mol. The van der Waals surface area contributed by atoms with E-state index in [1.807, 2.05) is 0 Å². The number of halogens is 2. The number of nitrogens with one attached hydrogen (secondary N) is 1. The lowest BCUT2D eigenvalue weighted by Gasteiger charge is -2.18. The van der Waals surface area contributed by atoms with Crippen LogP contribution in [-0.4, -0.2) is 11.4 Å². The van der Waals surface area contributed by atoms with Crippen molar-refractivity contribution in [3.8, 4) is 11.1 Å². The highest BCUT2D eigenvalue weighted by atomic mass is 19.1. The molecule has 24 heavy (non-hydrogen) atoms. The molecule has 6 heteroatoms. The Labute approximate surface area is 138 Å². The van der Waals surface area contributed by atoms with Crippen molar-refractivity contribution < 1.29 is 13.6 Å². The van der Waals surface area contributed by atoms with Gasteiger partial charge < -0.3 is 16.8 Å². The van der Waals surface area contributed by atoms with Crippen LogP contribution in [0, 0.1) is 11.6 Å². The van der Waals surface area contributed by atoms with E-state index in [4.69, 9.17) is 11.5 Å². The molecule has 1 atom stereocenters. The van der Waals surface area contributed by atoms with Gasteiger partial charge in [-0.2, -0.15) is 0 Å². The van der Waals surface area contributed by atoms with Gasteiger partial charge in [0.15, 0.2) is 0 Å². The summed E-state index contributed by atoms with van der Waals surface area (Å²) in [6, 6.07) is 8.39. The van der Waals surface area contributed by atoms with Crippen LogP contribution in [0.1, 0.15) is 31.4 Å². The number of carbonyl (C=O) groups excluding carboxylic acids is 1. The first-order valence-corrected chi connectivity index (χ1v) is 7.75. The lowest BCUT2D eigenvalue weighted by molar-refractivity contribution is -0.123. The Morgan fingerprint density at radius 3 is 2.54 bits per heavy atom. The number of anilines is 1. The molecule has 0 aliphatic heterocycles. The van der Waals surface area contributed by atoms with Crippen LogP contribution >= 0.6 is 0 Å². The van der Waals surface area contributed by atoms with Crippen LogP contribution in [0.25, 0.3) is 11.1 Å². The van der Waals surface area contributed by atoms with Gasteiger partial charge in [-0.05, 0) is 37.5 Å². The maximum atomic E-state index is 14.5. The molecule has 1 aliphatic rings. The topological polar surface area (TPSA) is 81.1 Å². The third kappa shape index (κ3) is 2.97. The van der Waals surface area contributed by atoms with Crippen molar-refractivity contribution in [3.05, 3.63) is 53.6 Å². The number of nitrogen functional groups attached to an aromatic ring is 1. The molecule has 1 aliphatic carbocycles. The minimum absolute atomic E-state index is 0.0233. The molecule has 126 valence electrons.